The monoisotopic (exact) mass is 343 g/mol. The van der Waals surface area contributed by atoms with Gasteiger partial charge in [-0.25, -0.2) is 0 Å². The molecule has 0 bridgehead atoms. The molecule has 1 saturated heterocycles. The summed E-state index contributed by atoms with van der Waals surface area (Å²) in [5.41, 5.74) is 3.02. The summed E-state index contributed by atoms with van der Waals surface area (Å²) in [7, 11) is 0. The number of nitrogens with one attached hydrogen (secondary N) is 3. The minimum atomic E-state index is 0.0501. The van der Waals surface area contributed by atoms with Crippen LogP contribution in [0, 0.1) is 0 Å². The number of ether oxygens (including phenoxy) is 1. The van der Waals surface area contributed by atoms with Crippen molar-refractivity contribution in [2.24, 2.45) is 0 Å². The molecular weight excluding hydrogens is 318 g/mol. The molecule has 134 valence electrons. The van der Waals surface area contributed by atoms with Crippen molar-refractivity contribution < 1.29 is 9.53 Å². The molecule has 3 N–H and O–H groups in total. The van der Waals surface area contributed by atoms with E-state index in [4.69, 9.17) is 4.74 Å². The van der Waals surface area contributed by atoms with Gasteiger partial charge in [-0.15, -0.1) is 0 Å². The third-order valence-electron chi connectivity index (χ3n) is 4.17. The highest BCUT2D eigenvalue weighted by molar-refractivity contribution is 5.90. The Hall–Kier alpha value is -2.22. The summed E-state index contributed by atoms with van der Waals surface area (Å²) in [6.07, 6.45) is 2.24. The van der Waals surface area contributed by atoms with Crippen LogP contribution in [0.15, 0.2) is 36.5 Å². The van der Waals surface area contributed by atoms with E-state index in [0.717, 1.165) is 62.9 Å². The summed E-state index contributed by atoms with van der Waals surface area (Å²) >= 11 is 0. The molecule has 1 aliphatic rings. The number of hydrogen-bond donors (Lipinski definition) is 3. The minimum Gasteiger partial charge on any atom is -0.379 e. The molecule has 0 unspecified atom stereocenters. The molecule has 7 nitrogen and oxygen atoms in total. The molecular formula is C18H25N5O2. The average molecular weight is 343 g/mol. The Morgan fingerprint density at radius 3 is 2.92 bits per heavy atom. The van der Waals surface area contributed by atoms with Crippen LogP contribution in [-0.2, 0) is 22.6 Å². The summed E-state index contributed by atoms with van der Waals surface area (Å²) in [5.74, 6) is 0.0501. The first-order chi connectivity index (χ1) is 12.3. The number of carbonyl (C=O) groups excluding carboxylic acids is 1. The van der Waals surface area contributed by atoms with E-state index in [1.807, 2.05) is 30.3 Å². The first-order valence-corrected chi connectivity index (χ1v) is 8.67. The molecule has 0 radical (unpaired) electrons. The van der Waals surface area contributed by atoms with E-state index in [-0.39, 0.29) is 5.91 Å². The summed E-state index contributed by atoms with van der Waals surface area (Å²) < 4.78 is 5.32. The Kier molecular flexibility index (Phi) is 6.55. The van der Waals surface area contributed by atoms with Gasteiger partial charge in [0, 0.05) is 56.7 Å². The van der Waals surface area contributed by atoms with Gasteiger partial charge in [-0.1, -0.05) is 12.1 Å². The molecule has 2 aromatic rings. The van der Waals surface area contributed by atoms with Crippen LogP contribution in [0.3, 0.4) is 0 Å². The Balaban J connectivity index is 1.41. The molecule has 2 heterocycles. The van der Waals surface area contributed by atoms with Crippen molar-refractivity contribution in [2.75, 3.05) is 38.2 Å². The fraction of sp³-hybridized carbons (Fsp3) is 0.444. The fourth-order valence-corrected chi connectivity index (χ4v) is 2.79. The molecule has 0 atom stereocenters. The van der Waals surface area contributed by atoms with E-state index in [0.29, 0.717) is 6.42 Å². The number of hydrogen-bond acceptors (Lipinski definition) is 5. The van der Waals surface area contributed by atoms with Crippen LogP contribution in [0.5, 0.6) is 0 Å². The summed E-state index contributed by atoms with van der Waals surface area (Å²) in [6, 6.07) is 9.88. The van der Waals surface area contributed by atoms with E-state index in [1.165, 1.54) is 0 Å². The number of benzene rings is 1. The van der Waals surface area contributed by atoms with Crippen LogP contribution < -0.4 is 10.6 Å². The normalized spacial score (nSPS) is 15.2. The van der Waals surface area contributed by atoms with Gasteiger partial charge in [0.15, 0.2) is 0 Å². The van der Waals surface area contributed by atoms with Crippen LogP contribution in [0.1, 0.15) is 17.7 Å². The molecule has 0 aliphatic carbocycles. The number of aromatic amines is 1. The van der Waals surface area contributed by atoms with Crippen molar-refractivity contribution in [3.63, 3.8) is 0 Å². The summed E-state index contributed by atoms with van der Waals surface area (Å²) in [4.78, 5) is 14.4. The minimum absolute atomic E-state index is 0.0501. The maximum atomic E-state index is 12.1. The Bertz CT molecular complexity index is 653. The van der Waals surface area contributed by atoms with Gasteiger partial charge in [0.05, 0.1) is 13.2 Å². The van der Waals surface area contributed by atoms with Crippen molar-refractivity contribution >= 4 is 11.6 Å². The van der Waals surface area contributed by atoms with Crippen molar-refractivity contribution in [2.45, 2.75) is 19.5 Å². The zero-order valence-corrected chi connectivity index (χ0v) is 14.3. The van der Waals surface area contributed by atoms with Crippen LogP contribution in [-0.4, -0.2) is 53.9 Å². The average Bonchev–Trinajstić information content (AvgIpc) is 3.15. The van der Waals surface area contributed by atoms with Crippen molar-refractivity contribution in [1.29, 1.82) is 0 Å². The molecule has 1 fully saturated rings. The zero-order chi connectivity index (χ0) is 17.3. The second-order valence-corrected chi connectivity index (χ2v) is 6.14. The standard InChI is InChI=1S/C18H25N5O2/c24-18(5-7-23-8-10-25-11-9-23)21-16-3-1-2-15(12-16)13-19-14-17-4-6-20-22-17/h1-4,6,12,19H,5,7-11,13-14H2,(H,20,22)(H,21,24). The van der Waals surface area contributed by atoms with Crippen molar-refractivity contribution in [3.05, 3.63) is 47.8 Å². The third kappa shape index (κ3) is 5.97. The van der Waals surface area contributed by atoms with Crippen molar-refractivity contribution in [1.82, 2.24) is 20.4 Å². The first kappa shape index (κ1) is 17.6. The van der Waals surface area contributed by atoms with Gasteiger partial charge in [-0.2, -0.15) is 5.10 Å². The molecule has 0 saturated carbocycles. The second kappa shape index (κ2) is 9.31. The van der Waals surface area contributed by atoms with E-state index in [9.17, 15) is 4.79 Å². The number of H-pyrrole nitrogens is 1. The molecule has 1 aromatic carbocycles. The number of anilines is 1. The highest BCUT2D eigenvalue weighted by Gasteiger charge is 2.12. The number of rotatable bonds is 8. The summed E-state index contributed by atoms with van der Waals surface area (Å²) in [6.45, 7) is 5.58. The van der Waals surface area contributed by atoms with E-state index in [2.05, 4.69) is 25.7 Å². The SMILES string of the molecule is O=C(CCN1CCOCC1)Nc1cccc(CNCc2ccn[nH]2)c1. The fourth-order valence-electron chi connectivity index (χ4n) is 2.79. The van der Waals surface area contributed by atoms with Crippen LogP contribution in [0.2, 0.25) is 0 Å². The lowest BCUT2D eigenvalue weighted by Crippen LogP contribution is -2.38. The number of carbonyl (C=O) groups is 1. The molecule has 7 heteroatoms. The number of aromatic nitrogens is 2. The van der Waals surface area contributed by atoms with Crippen LogP contribution in [0.25, 0.3) is 0 Å². The Morgan fingerprint density at radius 2 is 2.12 bits per heavy atom. The van der Waals surface area contributed by atoms with Gasteiger partial charge in [-0.05, 0) is 23.8 Å². The molecule has 0 spiro atoms. The molecule has 25 heavy (non-hydrogen) atoms. The van der Waals surface area contributed by atoms with E-state index in [1.54, 1.807) is 6.20 Å². The Labute approximate surface area is 147 Å². The molecule has 1 amide bonds. The lowest BCUT2D eigenvalue weighted by atomic mass is 10.2. The number of nitrogens with zero attached hydrogens (tertiary/aromatic N) is 2. The highest BCUT2D eigenvalue weighted by atomic mass is 16.5. The lowest BCUT2D eigenvalue weighted by Gasteiger charge is -2.26. The Morgan fingerprint density at radius 1 is 1.24 bits per heavy atom. The first-order valence-electron chi connectivity index (χ1n) is 8.67. The van der Waals surface area contributed by atoms with E-state index >= 15 is 0 Å². The largest absolute Gasteiger partial charge is 0.379 e. The van der Waals surface area contributed by atoms with Gasteiger partial charge in [0.1, 0.15) is 0 Å². The zero-order valence-electron chi connectivity index (χ0n) is 14.3. The molecule has 1 aliphatic heterocycles. The highest BCUT2D eigenvalue weighted by Crippen LogP contribution is 2.11. The maximum absolute atomic E-state index is 12.1. The topological polar surface area (TPSA) is 82.3 Å². The molecule has 3 rings (SSSR count). The smallest absolute Gasteiger partial charge is 0.225 e. The predicted molar refractivity (Wildman–Crippen MR) is 96.1 cm³/mol. The van der Waals surface area contributed by atoms with E-state index < -0.39 is 0 Å². The quantitative estimate of drug-likeness (QED) is 0.674. The second-order valence-electron chi connectivity index (χ2n) is 6.14. The van der Waals surface area contributed by atoms with Crippen LogP contribution in [0.4, 0.5) is 5.69 Å². The third-order valence-corrected chi connectivity index (χ3v) is 4.17. The molecule has 1 aromatic heterocycles. The van der Waals surface area contributed by atoms with Gasteiger partial charge in [0.2, 0.25) is 5.91 Å². The lowest BCUT2D eigenvalue weighted by molar-refractivity contribution is -0.116. The van der Waals surface area contributed by atoms with Crippen LogP contribution >= 0.6 is 0 Å². The van der Waals surface area contributed by atoms with Gasteiger partial charge in [-0.3, -0.25) is 14.8 Å². The maximum Gasteiger partial charge on any atom is 0.225 e. The van der Waals surface area contributed by atoms with Gasteiger partial charge < -0.3 is 15.4 Å². The van der Waals surface area contributed by atoms with Crippen molar-refractivity contribution in [3.8, 4) is 0 Å². The number of morpholine rings is 1. The van der Waals surface area contributed by atoms with Gasteiger partial charge in [0.25, 0.3) is 0 Å². The predicted octanol–water partition coefficient (Wildman–Crippen LogP) is 1.36. The number of amides is 1. The van der Waals surface area contributed by atoms with Gasteiger partial charge >= 0.3 is 0 Å². The summed E-state index contributed by atoms with van der Waals surface area (Å²) in [5, 5.41) is 13.2.